The van der Waals surface area contributed by atoms with Gasteiger partial charge in [-0.3, -0.25) is 4.79 Å². The number of halogens is 1. The molecule has 29 heavy (non-hydrogen) atoms. The summed E-state index contributed by atoms with van der Waals surface area (Å²) in [6, 6.07) is 11.7. The summed E-state index contributed by atoms with van der Waals surface area (Å²) in [4.78, 5) is 12.6. The first-order chi connectivity index (χ1) is 13.8. The van der Waals surface area contributed by atoms with Crippen molar-refractivity contribution in [2.45, 2.75) is 43.9 Å². The lowest BCUT2D eigenvalue weighted by molar-refractivity contribution is -0.126. The van der Waals surface area contributed by atoms with E-state index in [1.165, 1.54) is 16.9 Å². The van der Waals surface area contributed by atoms with Gasteiger partial charge in [-0.25, -0.2) is 8.42 Å². The molecule has 0 aliphatic carbocycles. The lowest BCUT2D eigenvalue weighted by atomic mass is 9.85. The van der Waals surface area contributed by atoms with E-state index in [1.54, 1.807) is 16.4 Å². The van der Waals surface area contributed by atoms with Crippen LogP contribution in [0.1, 0.15) is 37.8 Å². The number of thiophene rings is 1. The van der Waals surface area contributed by atoms with Crippen LogP contribution in [-0.2, 0) is 27.8 Å². The van der Waals surface area contributed by atoms with Gasteiger partial charge in [0.05, 0.1) is 3.79 Å². The Morgan fingerprint density at radius 1 is 1.17 bits per heavy atom. The second kappa shape index (κ2) is 9.73. The van der Waals surface area contributed by atoms with Crippen LogP contribution in [0.5, 0.6) is 0 Å². The van der Waals surface area contributed by atoms with Crippen molar-refractivity contribution in [2.24, 2.45) is 11.8 Å². The summed E-state index contributed by atoms with van der Waals surface area (Å²) in [6.45, 7) is 5.50. The van der Waals surface area contributed by atoms with Gasteiger partial charge in [0.2, 0.25) is 5.91 Å². The van der Waals surface area contributed by atoms with Crippen LogP contribution in [0.3, 0.4) is 0 Å². The molecule has 0 radical (unpaired) electrons. The van der Waals surface area contributed by atoms with Crippen molar-refractivity contribution >= 4 is 43.2 Å². The Balaban J connectivity index is 1.51. The zero-order valence-corrected chi connectivity index (χ0v) is 19.9. The van der Waals surface area contributed by atoms with E-state index < -0.39 is 10.0 Å². The summed E-state index contributed by atoms with van der Waals surface area (Å²) in [5.41, 5.74) is 2.37. The second-order valence-electron chi connectivity index (χ2n) is 7.48. The van der Waals surface area contributed by atoms with E-state index in [0.29, 0.717) is 36.7 Å². The molecule has 158 valence electrons. The molecular formula is C21H27BrN2O3S2. The topological polar surface area (TPSA) is 66.5 Å². The second-order valence-corrected chi connectivity index (χ2v) is 12.1. The summed E-state index contributed by atoms with van der Waals surface area (Å²) >= 11 is 4.55. The van der Waals surface area contributed by atoms with Crippen molar-refractivity contribution in [3.63, 3.8) is 0 Å². The highest BCUT2D eigenvalue weighted by Crippen LogP contribution is 2.32. The number of carbonyl (C=O) groups excluding carboxylic acids is 1. The van der Waals surface area contributed by atoms with Crippen molar-refractivity contribution in [3.8, 4) is 0 Å². The number of amides is 1. The molecular weight excluding hydrogens is 472 g/mol. The molecule has 5 nitrogen and oxygen atoms in total. The predicted molar refractivity (Wildman–Crippen MR) is 120 cm³/mol. The minimum absolute atomic E-state index is 0.0352. The van der Waals surface area contributed by atoms with E-state index in [2.05, 4.69) is 52.4 Å². The Labute approximate surface area is 185 Å². The van der Waals surface area contributed by atoms with Gasteiger partial charge in [-0.15, -0.1) is 11.3 Å². The average Bonchev–Trinajstić information content (AvgIpc) is 3.19. The van der Waals surface area contributed by atoms with Crippen molar-refractivity contribution in [2.75, 3.05) is 13.1 Å². The Bertz CT molecular complexity index is 933. The summed E-state index contributed by atoms with van der Waals surface area (Å²) in [7, 11) is -3.44. The Morgan fingerprint density at radius 2 is 1.79 bits per heavy atom. The third-order valence-electron chi connectivity index (χ3n) is 5.66. The van der Waals surface area contributed by atoms with E-state index in [-0.39, 0.29) is 17.7 Å². The van der Waals surface area contributed by atoms with Crippen LogP contribution < -0.4 is 5.32 Å². The van der Waals surface area contributed by atoms with E-state index >= 15 is 0 Å². The lowest BCUT2D eigenvalue weighted by Gasteiger charge is -2.33. The maximum Gasteiger partial charge on any atom is 0.252 e. The molecule has 0 saturated carbocycles. The van der Waals surface area contributed by atoms with E-state index in [9.17, 15) is 13.2 Å². The molecule has 1 aromatic heterocycles. The van der Waals surface area contributed by atoms with Crippen molar-refractivity contribution < 1.29 is 13.2 Å². The fourth-order valence-corrected chi connectivity index (χ4v) is 7.27. The number of nitrogens with zero attached hydrogens (tertiary/aromatic N) is 1. The third kappa shape index (κ3) is 5.48. The lowest BCUT2D eigenvalue weighted by Crippen LogP contribution is -2.42. The van der Waals surface area contributed by atoms with Gasteiger partial charge in [0.1, 0.15) is 4.21 Å². The standard InChI is InChI=1S/C21H27BrN2O3S2/c1-3-16-4-6-17(7-5-16)14-23-21(25)15(2)18-10-12-24(13-11-18)29(26,27)20-9-8-19(22)28-20/h4-9,15,18H,3,10-14H2,1-2H3,(H,23,25)/t15-/m1/s1. The molecule has 1 aliphatic rings. The largest absolute Gasteiger partial charge is 0.352 e. The van der Waals surface area contributed by atoms with E-state index in [4.69, 9.17) is 0 Å². The Hall–Kier alpha value is -1.22. The number of carbonyl (C=O) groups is 1. The van der Waals surface area contributed by atoms with Crippen molar-refractivity contribution in [1.29, 1.82) is 0 Å². The summed E-state index contributed by atoms with van der Waals surface area (Å²) in [6.07, 6.45) is 2.40. The molecule has 0 bridgehead atoms. The number of piperidine rings is 1. The molecule has 3 rings (SSSR count). The molecule has 1 N–H and O–H groups in total. The highest BCUT2D eigenvalue weighted by Gasteiger charge is 2.34. The van der Waals surface area contributed by atoms with Crippen LogP contribution in [0.15, 0.2) is 44.4 Å². The fraction of sp³-hybridized carbons (Fsp3) is 0.476. The highest BCUT2D eigenvalue weighted by molar-refractivity contribution is 9.11. The average molecular weight is 499 g/mol. The van der Waals surface area contributed by atoms with Crippen LogP contribution in [0, 0.1) is 11.8 Å². The van der Waals surface area contributed by atoms with Crippen molar-refractivity contribution in [3.05, 3.63) is 51.3 Å². The summed E-state index contributed by atoms with van der Waals surface area (Å²) in [5, 5.41) is 3.03. The quantitative estimate of drug-likeness (QED) is 0.613. The fourth-order valence-electron chi connectivity index (χ4n) is 3.64. The van der Waals surface area contributed by atoms with Gasteiger partial charge in [-0.2, -0.15) is 4.31 Å². The smallest absolute Gasteiger partial charge is 0.252 e. The van der Waals surface area contributed by atoms with Crippen molar-refractivity contribution in [1.82, 2.24) is 9.62 Å². The first-order valence-corrected chi connectivity index (χ1v) is 13.0. The van der Waals surface area contributed by atoms with Crippen LogP contribution in [0.25, 0.3) is 0 Å². The van der Waals surface area contributed by atoms with Gasteiger partial charge in [0.15, 0.2) is 0 Å². The van der Waals surface area contributed by atoms with Gasteiger partial charge in [0.25, 0.3) is 10.0 Å². The highest BCUT2D eigenvalue weighted by atomic mass is 79.9. The summed E-state index contributed by atoms with van der Waals surface area (Å²) in [5.74, 6) is 0.0951. The van der Waals surface area contributed by atoms with Gasteiger partial charge in [-0.1, -0.05) is 38.1 Å². The Morgan fingerprint density at radius 3 is 2.34 bits per heavy atom. The molecule has 2 aromatic rings. The monoisotopic (exact) mass is 498 g/mol. The molecule has 2 heterocycles. The maximum atomic E-state index is 12.8. The number of hydrogen-bond acceptors (Lipinski definition) is 4. The minimum atomic E-state index is -3.44. The van der Waals surface area contributed by atoms with Gasteiger partial charge in [0, 0.05) is 25.6 Å². The number of rotatable bonds is 7. The van der Waals surface area contributed by atoms with Gasteiger partial charge < -0.3 is 5.32 Å². The maximum absolute atomic E-state index is 12.8. The number of hydrogen-bond donors (Lipinski definition) is 1. The van der Waals surface area contributed by atoms with Gasteiger partial charge >= 0.3 is 0 Å². The predicted octanol–water partition coefficient (Wildman–Crippen LogP) is 4.43. The molecule has 1 amide bonds. The number of sulfonamides is 1. The normalized spacial score (nSPS) is 17.2. The molecule has 1 saturated heterocycles. The molecule has 0 unspecified atom stereocenters. The van der Waals surface area contributed by atoms with Crippen LogP contribution in [0.2, 0.25) is 0 Å². The number of nitrogens with one attached hydrogen (secondary N) is 1. The summed E-state index contributed by atoms with van der Waals surface area (Å²) < 4.78 is 28.2. The van der Waals surface area contributed by atoms with E-state index in [1.807, 2.05) is 6.92 Å². The number of aryl methyl sites for hydroxylation is 1. The molecule has 8 heteroatoms. The Kier molecular flexibility index (Phi) is 7.53. The molecule has 1 aromatic carbocycles. The first kappa shape index (κ1) is 22.5. The molecule has 0 spiro atoms. The SMILES string of the molecule is CCc1ccc(CNC(=O)[C@H](C)C2CCN(S(=O)(=O)c3ccc(Br)s3)CC2)cc1. The minimum Gasteiger partial charge on any atom is -0.352 e. The van der Waals surface area contributed by atoms with E-state index in [0.717, 1.165) is 15.8 Å². The zero-order chi connectivity index (χ0) is 21.0. The molecule has 1 aliphatic heterocycles. The first-order valence-electron chi connectivity index (χ1n) is 9.92. The third-order valence-corrected chi connectivity index (χ3v) is 9.65. The molecule has 1 atom stereocenters. The van der Waals surface area contributed by atoms with Crippen LogP contribution in [0.4, 0.5) is 0 Å². The van der Waals surface area contributed by atoms with Gasteiger partial charge in [-0.05, 0) is 64.4 Å². The molecule has 1 fully saturated rings. The van der Waals surface area contributed by atoms with Crippen LogP contribution in [-0.4, -0.2) is 31.7 Å². The van der Waals surface area contributed by atoms with Crippen LogP contribution >= 0.6 is 27.3 Å². The number of benzene rings is 1. The zero-order valence-electron chi connectivity index (χ0n) is 16.7.